The van der Waals surface area contributed by atoms with Gasteiger partial charge in [0.15, 0.2) is 11.5 Å². The molecule has 1 N–H and O–H groups in total. The van der Waals surface area contributed by atoms with Crippen LogP contribution in [-0.2, 0) is 0 Å². The van der Waals surface area contributed by atoms with Crippen LogP contribution in [0.25, 0.3) is 27.6 Å². The van der Waals surface area contributed by atoms with Gasteiger partial charge in [0.25, 0.3) is 5.91 Å². The highest BCUT2D eigenvalue weighted by Gasteiger charge is 2.13. The summed E-state index contributed by atoms with van der Waals surface area (Å²) in [6.45, 7) is 2.39. The molecular formula is C24H19N5O2S. The van der Waals surface area contributed by atoms with Crippen molar-refractivity contribution in [3.63, 3.8) is 0 Å². The second-order valence-electron chi connectivity index (χ2n) is 6.95. The average molecular weight is 442 g/mol. The van der Waals surface area contributed by atoms with Gasteiger partial charge in [0.2, 0.25) is 0 Å². The molecule has 3 aromatic heterocycles. The fourth-order valence-corrected chi connectivity index (χ4v) is 4.05. The highest BCUT2D eigenvalue weighted by Crippen LogP contribution is 2.26. The van der Waals surface area contributed by atoms with Gasteiger partial charge < -0.3 is 10.1 Å². The normalized spacial score (nSPS) is 10.9. The number of amides is 1. The zero-order valence-corrected chi connectivity index (χ0v) is 18.0. The fraction of sp³-hybridized carbons (Fsp3) is 0.0833. The lowest BCUT2D eigenvalue weighted by molar-refractivity contribution is 0.102. The molecule has 2 aromatic carbocycles. The molecule has 0 spiro atoms. The Morgan fingerprint density at radius 1 is 1.00 bits per heavy atom. The summed E-state index contributed by atoms with van der Waals surface area (Å²) in [4.78, 5) is 13.7. The summed E-state index contributed by atoms with van der Waals surface area (Å²) < 4.78 is 7.31. The predicted octanol–water partition coefficient (Wildman–Crippen LogP) is 5.17. The largest absolute Gasteiger partial charge is 0.493 e. The Labute approximate surface area is 188 Å². The van der Waals surface area contributed by atoms with Gasteiger partial charge >= 0.3 is 0 Å². The first-order chi connectivity index (χ1) is 15.7. The van der Waals surface area contributed by atoms with Crippen molar-refractivity contribution in [2.45, 2.75) is 6.92 Å². The maximum Gasteiger partial charge on any atom is 0.259 e. The molecule has 0 radical (unpaired) electrons. The number of fused-ring (bicyclic) bond motifs is 1. The zero-order valence-electron chi connectivity index (χ0n) is 17.2. The SMILES string of the molecule is CCOc1ccccc1C(=O)Nc1ccc(-c2ccc3nnc(-c4cccs4)n3n2)cc1. The van der Waals surface area contributed by atoms with E-state index in [1.165, 1.54) is 0 Å². The molecule has 7 nitrogen and oxygen atoms in total. The Hall–Kier alpha value is -4.04. The first-order valence-corrected chi connectivity index (χ1v) is 11.0. The number of anilines is 1. The smallest absolute Gasteiger partial charge is 0.259 e. The maximum atomic E-state index is 12.7. The lowest BCUT2D eigenvalue weighted by Crippen LogP contribution is -2.13. The van der Waals surface area contributed by atoms with Gasteiger partial charge in [0, 0.05) is 11.3 Å². The number of para-hydroxylation sites is 1. The van der Waals surface area contributed by atoms with Gasteiger partial charge in [0.1, 0.15) is 5.75 Å². The van der Waals surface area contributed by atoms with Crippen molar-refractivity contribution in [3.05, 3.63) is 83.7 Å². The van der Waals surface area contributed by atoms with Crippen LogP contribution in [0.3, 0.4) is 0 Å². The minimum absolute atomic E-state index is 0.216. The van der Waals surface area contributed by atoms with Crippen LogP contribution < -0.4 is 10.1 Å². The number of benzene rings is 2. The number of rotatable bonds is 6. The molecule has 3 heterocycles. The molecule has 1 amide bonds. The van der Waals surface area contributed by atoms with E-state index in [1.54, 1.807) is 28.0 Å². The van der Waals surface area contributed by atoms with Crippen LogP contribution in [0.1, 0.15) is 17.3 Å². The third kappa shape index (κ3) is 3.83. The zero-order chi connectivity index (χ0) is 21.9. The van der Waals surface area contributed by atoms with E-state index in [0.29, 0.717) is 35.1 Å². The van der Waals surface area contributed by atoms with Crippen molar-refractivity contribution in [1.29, 1.82) is 0 Å². The van der Waals surface area contributed by atoms with E-state index in [9.17, 15) is 4.79 Å². The van der Waals surface area contributed by atoms with Gasteiger partial charge in [-0.05, 0) is 54.8 Å². The van der Waals surface area contributed by atoms with Crippen LogP contribution in [0.15, 0.2) is 78.2 Å². The number of thiophene rings is 1. The van der Waals surface area contributed by atoms with Crippen LogP contribution in [0.4, 0.5) is 5.69 Å². The van der Waals surface area contributed by atoms with Gasteiger partial charge in [-0.25, -0.2) is 0 Å². The summed E-state index contributed by atoms with van der Waals surface area (Å²) in [6.07, 6.45) is 0. The minimum atomic E-state index is -0.216. The molecule has 158 valence electrons. The van der Waals surface area contributed by atoms with Gasteiger partial charge in [-0.15, -0.1) is 21.5 Å². The topological polar surface area (TPSA) is 81.4 Å². The molecule has 5 rings (SSSR count). The summed E-state index contributed by atoms with van der Waals surface area (Å²) in [5.74, 6) is 1.07. The van der Waals surface area contributed by atoms with Crippen LogP contribution in [0.5, 0.6) is 5.75 Å². The van der Waals surface area contributed by atoms with Crippen molar-refractivity contribution in [1.82, 2.24) is 19.8 Å². The number of hydrogen-bond donors (Lipinski definition) is 1. The Morgan fingerprint density at radius 3 is 2.62 bits per heavy atom. The molecule has 0 saturated carbocycles. The van der Waals surface area contributed by atoms with Crippen LogP contribution >= 0.6 is 11.3 Å². The third-order valence-electron chi connectivity index (χ3n) is 4.87. The first kappa shape index (κ1) is 19.9. The molecular weight excluding hydrogens is 422 g/mol. The highest BCUT2D eigenvalue weighted by atomic mass is 32.1. The monoisotopic (exact) mass is 441 g/mol. The third-order valence-corrected chi connectivity index (χ3v) is 5.74. The molecule has 8 heteroatoms. The van der Waals surface area contributed by atoms with Gasteiger partial charge in [0.05, 0.1) is 22.7 Å². The van der Waals surface area contributed by atoms with E-state index >= 15 is 0 Å². The Bertz CT molecular complexity index is 1380. The molecule has 0 fully saturated rings. The number of nitrogens with zero attached hydrogens (tertiary/aromatic N) is 4. The van der Waals surface area contributed by atoms with E-state index in [2.05, 4.69) is 15.5 Å². The van der Waals surface area contributed by atoms with Gasteiger partial charge in [-0.2, -0.15) is 9.61 Å². The second kappa shape index (κ2) is 8.60. The van der Waals surface area contributed by atoms with Gasteiger partial charge in [-0.1, -0.05) is 30.3 Å². The molecule has 32 heavy (non-hydrogen) atoms. The second-order valence-corrected chi connectivity index (χ2v) is 7.90. The summed E-state index contributed by atoms with van der Waals surface area (Å²) in [6, 6.07) is 22.5. The first-order valence-electron chi connectivity index (χ1n) is 10.1. The molecule has 0 aliphatic heterocycles. The summed E-state index contributed by atoms with van der Waals surface area (Å²) in [7, 11) is 0. The van der Waals surface area contributed by atoms with Crippen LogP contribution in [-0.4, -0.2) is 32.3 Å². The van der Waals surface area contributed by atoms with Crippen LogP contribution in [0, 0.1) is 0 Å². The summed E-state index contributed by atoms with van der Waals surface area (Å²) >= 11 is 1.59. The Kier molecular flexibility index (Phi) is 5.35. The Morgan fingerprint density at radius 2 is 1.84 bits per heavy atom. The van der Waals surface area contributed by atoms with E-state index in [-0.39, 0.29) is 5.91 Å². The summed E-state index contributed by atoms with van der Waals surface area (Å²) in [5, 5.41) is 18.1. The van der Waals surface area contributed by atoms with E-state index in [4.69, 9.17) is 9.84 Å². The molecule has 0 saturated heterocycles. The minimum Gasteiger partial charge on any atom is -0.493 e. The van der Waals surface area contributed by atoms with Crippen molar-refractivity contribution in [2.75, 3.05) is 11.9 Å². The fourth-order valence-electron chi connectivity index (χ4n) is 3.36. The molecule has 0 bridgehead atoms. The van der Waals surface area contributed by atoms with Crippen molar-refractivity contribution in [3.8, 4) is 27.7 Å². The predicted molar refractivity (Wildman–Crippen MR) is 125 cm³/mol. The quantitative estimate of drug-likeness (QED) is 0.393. The van der Waals surface area contributed by atoms with Crippen molar-refractivity contribution < 1.29 is 9.53 Å². The number of ether oxygens (including phenoxy) is 1. The number of carbonyl (C=O) groups is 1. The molecule has 0 atom stereocenters. The van der Waals surface area contributed by atoms with E-state index < -0.39 is 0 Å². The average Bonchev–Trinajstić information content (AvgIpc) is 3.49. The van der Waals surface area contributed by atoms with Crippen molar-refractivity contribution >= 4 is 28.6 Å². The number of nitrogens with one attached hydrogen (secondary N) is 1. The number of aromatic nitrogens is 4. The van der Waals surface area contributed by atoms with Crippen LogP contribution in [0.2, 0.25) is 0 Å². The standard InChI is InChI=1S/C24H19N5O2S/c1-2-31-20-7-4-3-6-18(20)24(30)25-17-11-9-16(10-12-17)19-13-14-22-26-27-23(29(22)28-19)21-8-5-15-32-21/h3-15H,2H2,1H3,(H,25,30). The molecule has 0 aliphatic rings. The lowest BCUT2D eigenvalue weighted by atomic mass is 10.1. The maximum absolute atomic E-state index is 12.7. The van der Waals surface area contributed by atoms with E-state index in [1.807, 2.05) is 73.0 Å². The number of hydrogen-bond acceptors (Lipinski definition) is 6. The van der Waals surface area contributed by atoms with E-state index in [0.717, 1.165) is 16.1 Å². The van der Waals surface area contributed by atoms with Crippen molar-refractivity contribution in [2.24, 2.45) is 0 Å². The highest BCUT2D eigenvalue weighted by molar-refractivity contribution is 7.13. The molecule has 0 aliphatic carbocycles. The number of carbonyl (C=O) groups excluding carboxylic acids is 1. The molecule has 5 aromatic rings. The summed E-state index contributed by atoms with van der Waals surface area (Å²) in [5.41, 5.74) is 3.59. The molecule has 0 unspecified atom stereocenters. The Balaban J connectivity index is 1.39. The van der Waals surface area contributed by atoms with Gasteiger partial charge in [-0.3, -0.25) is 4.79 Å². The lowest BCUT2D eigenvalue weighted by Gasteiger charge is -2.11.